The molecule has 0 saturated heterocycles. The molecular formula is C24H23N3O2. The predicted molar refractivity (Wildman–Crippen MR) is 116 cm³/mol. The number of rotatable bonds is 6. The Balaban J connectivity index is 1.97. The first-order valence-electron chi connectivity index (χ1n) is 9.85. The van der Waals surface area contributed by atoms with E-state index in [2.05, 4.69) is 27.0 Å². The number of pyridine rings is 2. The van der Waals surface area contributed by atoms with E-state index in [1.807, 2.05) is 36.4 Å². The summed E-state index contributed by atoms with van der Waals surface area (Å²) in [7, 11) is 0. The number of hydrogen-bond donors (Lipinski definition) is 1. The molecule has 29 heavy (non-hydrogen) atoms. The lowest BCUT2D eigenvalue weighted by molar-refractivity contribution is -0.116. The average molecular weight is 385 g/mol. The molecule has 0 unspecified atom stereocenters. The van der Waals surface area contributed by atoms with E-state index in [4.69, 9.17) is 0 Å². The first-order chi connectivity index (χ1) is 14.1. The van der Waals surface area contributed by atoms with Gasteiger partial charge in [-0.1, -0.05) is 30.4 Å². The highest BCUT2D eigenvalue weighted by atomic mass is 16.1. The van der Waals surface area contributed by atoms with Crippen LogP contribution in [0, 0.1) is 0 Å². The molecule has 0 radical (unpaired) electrons. The number of para-hydroxylation sites is 1. The first-order valence-corrected chi connectivity index (χ1v) is 9.85. The third-order valence-electron chi connectivity index (χ3n) is 5.02. The number of aromatic nitrogens is 2. The highest BCUT2D eigenvalue weighted by Gasteiger charge is 2.16. The molecule has 1 aromatic carbocycles. The third-order valence-corrected chi connectivity index (χ3v) is 5.02. The van der Waals surface area contributed by atoms with Crippen molar-refractivity contribution >= 4 is 22.5 Å². The van der Waals surface area contributed by atoms with E-state index in [1.165, 1.54) is 0 Å². The molecule has 2 aromatic heterocycles. The maximum Gasteiger partial charge on any atom is 0.193 e. The highest BCUT2D eigenvalue weighted by Crippen LogP contribution is 2.27. The fourth-order valence-corrected chi connectivity index (χ4v) is 3.61. The van der Waals surface area contributed by atoms with Gasteiger partial charge >= 0.3 is 0 Å². The number of carbonyl (C=O) groups excluding carboxylic acids is 1. The fourth-order valence-electron chi connectivity index (χ4n) is 3.61. The Morgan fingerprint density at radius 1 is 1.17 bits per heavy atom. The summed E-state index contributed by atoms with van der Waals surface area (Å²) in [5.74, 6) is 0.809. The molecule has 0 atom stereocenters. The summed E-state index contributed by atoms with van der Waals surface area (Å²) in [4.78, 5) is 28.8. The molecule has 0 fully saturated rings. The largest absolute Gasteiger partial charge is 0.342 e. The number of hydrogen-bond acceptors (Lipinski definition) is 4. The number of ketones is 1. The zero-order valence-corrected chi connectivity index (χ0v) is 16.4. The normalized spacial score (nSPS) is 13.3. The minimum Gasteiger partial charge on any atom is -0.342 e. The molecule has 2 heterocycles. The van der Waals surface area contributed by atoms with E-state index < -0.39 is 0 Å². The van der Waals surface area contributed by atoms with Crippen LogP contribution in [0.3, 0.4) is 0 Å². The third kappa shape index (κ3) is 4.04. The molecule has 1 aliphatic carbocycles. The molecule has 0 aliphatic heterocycles. The van der Waals surface area contributed by atoms with Crippen LogP contribution in [-0.2, 0) is 11.2 Å². The first kappa shape index (κ1) is 18.9. The van der Waals surface area contributed by atoms with Crippen molar-refractivity contribution in [3.8, 4) is 5.69 Å². The second kappa shape index (κ2) is 8.27. The molecule has 146 valence electrons. The number of Topliss-reactive ketones (excluding diaryl/α,β-unsaturated/α-hetero) is 1. The van der Waals surface area contributed by atoms with Gasteiger partial charge in [0.15, 0.2) is 5.43 Å². The molecule has 5 heteroatoms. The molecule has 1 aliphatic rings. The van der Waals surface area contributed by atoms with E-state index in [9.17, 15) is 9.59 Å². The van der Waals surface area contributed by atoms with E-state index >= 15 is 0 Å². The Morgan fingerprint density at radius 2 is 2.00 bits per heavy atom. The number of carbonyl (C=O) groups is 1. The van der Waals surface area contributed by atoms with E-state index in [1.54, 1.807) is 25.4 Å². The second-order valence-corrected chi connectivity index (χ2v) is 7.23. The highest BCUT2D eigenvalue weighted by molar-refractivity contribution is 5.86. The van der Waals surface area contributed by atoms with Crippen LogP contribution in [0.2, 0.25) is 0 Å². The molecule has 4 rings (SSSR count). The number of fused-ring (bicyclic) bond motifs is 1. The minimum atomic E-state index is -0.0905. The van der Waals surface area contributed by atoms with Gasteiger partial charge in [-0.2, -0.15) is 0 Å². The van der Waals surface area contributed by atoms with Crippen LogP contribution >= 0.6 is 0 Å². The van der Waals surface area contributed by atoms with Crippen molar-refractivity contribution in [2.24, 2.45) is 0 Å². The van der Waals surface area contributed by atoms with Crippen molar-refractivity contribution in [2.75, 3.05) is 5.32 Å². The second-order valence-electron chi connectivity index (χ2n) is 7.23. The van der Waals surface area contributed by atoms with Gasteiger partial charge in [-0.15, -0.1) is 0 Å². The lowest BCUT2D eigenvalue weighted by atomic mass is 10.1. The summed E-state index contributed by atoms with van der Waals surface area (Å²) in [6.07, 6.45) is 12.6. The molecule has 0 saturated carbocycles. The van der Waals surface area contributed by atoms with Crippen LogP contribution in [-0.4, -0.2) is 15.3 Å². The van der Waals surface area contributed by atoms with Gasteiger partial charge in [0.05, 0.1) is 10.9 Å². The molecule has 3 aromatic rings. The SMILES string of the molecule is CC(=O)CCc1cncc2c(=O)cc(NC3=CCCC=C3)n(-c3ccccc3)c12. The molecule has 1 N–H and O–H groups in total. The lowest BCUT2D eigenvalue weighted by Gasteiger charge is -2.21. The summed E-state index contributed by atoms with van der Waals surface area (Å²) in [6, 6.07) is 11.5. The molecule has 0 amide bonds. The van der Waals surface area contributed by atoms with Gasteiger partial charge < -0.3 is 10.1 Å². The Kier molecular flexibility index (Phi) is 5.38. The van der Waals surface area contributed by atoms with Crippen molar-refractivity contribution in [3.63, 3.8) is 0 Å². The number of anilines is 1. The summed E-state index contributed by atoms with van der Waals surface area (Å²) in [6.45, 7) is 1.58. The van der Waals surface area contributed by atoms with Gasteiger partial charge in [-0.3, -0.25) is 14.3 Å². The smallest absolute Gasteiger partial charge is 0.193 e. The topological polar surface area (TPSA) is 64.0 Å². The quantitative estimate of drug-likeness (QED) is 0.676. The fraction of sp³-hybridized carbons (Fsp3) is 0.208. The predicted octanol–water partition coefficient (Wildman–Crippen LogP) is 4.55. The van der Waals surface area contributed by atoms with Crippen molar-refractivity contribution in [1.82, 2.24) is 9.55 Å². The van der Waals surface area contributed by atoms with Crippen LogP contribution in [0.4, 0.5) is 5.82 Å². The summed E-state index contributed by atoms with van der Waals surface area (Å²) >= 11 is 0. The van der Waals surface area contributed by atoms with Crippen LogP contribution in [0.5, 0.6) is 0 Å². The Bertz CT molecular complexity index is 1170. The number of nitrogens with zero attached hydrogens (tertiary/aromatic N) is 2. The molecular weight excluding hydrogens is 362 g/mol. The Labute approximate surface area is 169 Å². The van der Waals surface area contributed by atoms with Crippen LogP contribution in [0.25, 0.3) is 16.6 Å². The van der Waals surface area contributed by atoms with Gasteiger partial charge in [0, 0.05) is 36.3 Å². The Hall–Kier alpha value is -3.47. The van der Waals surface area contributed by atoms with Gasteiger partial charge in [-0.25, -0.2) is 0 Å². The van der Waals surface area contributed by atoms with Gasteiger partial charge in [-0.05, 0) is 50.0 Å². The van der Waals surface area contributed by atoms with Crippen molar-refractivity contribution < 1.29 is 4.79 Å². The Morgan fingerprint density at radius 3 is 2.72 bits per heavy atom. The van der Waals surface area contributed by atoms with Crippen molar-refractivity contribution in [2.45, 2.75) is 32.6 Å². The monoisotopic (exact) mass is 385 g/mol. The van der Waals surface area contributed by atoms with Crippen LogP contribution < -0.4 is 10.7 Å². The van der Waals surface area contributed by atoms with Gasteiger partial charge in [0.1, 0.15) is 11.6 Å². The molecule has 0 spiro atoms. The number of nitrogens with one attached hydrogen (secondary N) is 1. The van der Waals surface area contributed by atoms with Crippen molar-refractivity contribution in [3.05, 3.63) is 88.5 Å². The summed E-state index contributed by atoms with van der Waals surface area (Å²) < 4.78 is 2.05. The minimum absolute atomic E-state index is 0.0905. The number of allylic oxidation sites excluding steroid dienone is 3. The standard InChI is InChI=1S/C24H23N3O2/c1-17(28)12-13-18-15-25-16-21-22(29)14-23(26-19-8-4-2-5-9-19)27(24(18)21)20-10-6-3-7-11-20/h3-4,6-11,14-16,26H,2,5,12-13H2,1H3. The summed E-state index contributed by atoms with van der Waals surface area (Å²) in [5.41, 5.74) is 3.50. The van der Waals surface area contributed by atoms with E-state index in [0.29, 0.717) is 24.0 Å². The van der Waals surface area contributed by atoms with Crippen molar-refractivity contribution in [1.29, 1.82) is 0 Å². The van der Waals surface area contributed by atoms with Gasteiger partial charge in [0.25, 0.3) is 0 Å². The average Bonchev–Trinajstić information content (AvgIpc) is 2.74. The van der Waals surface area contributed by atoms with E-state index in [0.717, 1.165) is 35.3 Å². The molecule has 5 nitrogen and oxygen atoms in total. The maximum atomic E-state index is 12.9. The number of benzene rings is 1. The zero-order valence-electron chi connectivity index (χ0n) is 16.4. The zero-order chi connectivity index (χ0) is 20.2. The summed E-state index contributed by atoms with van der Waals surface area (Å²) in [5, 5.41) is 3.97. The maximum absolute atomic E-state index is 12.9. The molecule has 0 bridgehead atoms. The van der Waals surface area contributed by atoms with Crippen LogP contribution in [0.1, 0.15) is 31.7 Å². The number of aryl methyl sites for hydroxylation is 1. The van der Waals surface area contributed by atoms with E-state index in [-0.39, 0.29) is 11.2 Å². The van der Waals surface area contributed by atoms with Gasteiger partial charge in [0.2, 0.25) is 0 Å². The van der Waals surface area contributed by atoms with Crippen LogP contribution in [0.15, 0.2) is 77.5 Å². The lowest BCUT2D eigenvalue weighted by Crippen LogP contribution is -2.16.